The van der Waals surface area contributed by atoms with Gasteiger partial charge in [0.2, 0.25) is 0 Å². The minimum atomic E-state index is -2.11. The fourth-order valence-electron chi connectivity index (χ4n) is 3.89. The van der Waals surface area contributed by atoms with Crippen LogP contribution in [0.25, 0.3) is 0 Å². The van der Waals surface area contributed by atoms with Gasteiger partial charge in [-0.15, -0.1) is 0 Å². The second kappa shape index (κ2) is 14.7. The molecule has 1 atom stereocenters. The Morgan fingerprint density at radius 1 is 0.966 bits per heavy atom. The Labute approximate surface area is 189 Å². The second-order valence-corrected chi connectivity index (χ2v) is 29.7. The second-order valence-electron chi connectivity index (χ2n) is 11.0. The van der Waals surface area contributed by atoms with Crippen molar-refractivity contribution >= 4 is 26.7 Å². The van der Waals surface area contributed by atoms with Crippen molar-refractivity contribution < 1.29 is 9.53 Å². The molecular weight excluding hydrogens is 479 g/mol. The average Bonchev–Trinajstić information content (AvgIpc) is 2.65. The normalized spacial score (nSPS) is 15.0. The molecule has 0 bridgehead atoms. The van der Waals surface area contributed by atoms with Crippen LogP contribution < -0.4 is 0 Å². The fourth-order valence-corrected chi connectivity index (χ4v) is 21.8. The van der Waals surface area contributed by atoms with Crippen molar-refractivity contribution in [1.82, 2.24) is 0 Å². The molecule has 0 spiro atoms. The van der Waals surface area contributed by atoms with Gasteiger partial charge < -0.3 is 0 Å². The average molecular weight is 534 g/mol. The summed E-state index contributed by atoms with van der Waals surface area (Å²) in [4.78, 5) is 0. The van der Waals surface area contributed by atoms with Crippen LogP contribution in [0.3, 0.4) is 0 Å². The van der Waals surface area contributed by atoms with Gasteiger partial charge in [0.25, 0.3) is 0 Å². The molecule has 2 nitrogen and oxygen atoms in total. The van der Waals surface area contributed by atoms with E-state index >= 15 is 0 Å². The molecule has 0 unspecified atom stereocenters. The maximum absolute atomic E-state index is 10.5. The van der Waals surface area contributed by atoms with Crippen LogP contribution in [0, 0.1) is 0 Å². The molecule has 174 valence electrons. The summed E-state index contributed by atoms with van der Waals surface area (Å²) < 4.78 is 12.3. The van der Waals surface area contributed by atoms with Crippen molar-refractivity contribution in [2.75, 3.05) is 6.61 Å². The summed E-state index contributed by atoms with van der Waals surface area (Å²) >= 11 is -2.11. The number of unbranched alkanes of at least 4 members (excludes halogenated alkanes) is 3. The van der Waals surface area contributed by atoms with Gasteiger partial charge in [0.1, 0.15) is 0 Å². The predicted molar refractivity (Wildman–Crippen MR) is 137 cm³/mol. The Morgan fingerprint density at radius 2 is 1.41 bits per heavy atom. The number of allylic oxidation sites excluding steroid dienone is 1. The van der Waals surface area contributed by atoms with Gasteiger partial charge >= 0.3 is 190 Å². The summed E-state index contributed by atoms with van der Waals surface area (Å²) in [7, 11) is -1.78. The molecule has 0 fully saturated rings. The van der Waals surface area contributed by atoms with Gasteiger partial charge in [-0.05, 0) is 0 Å². The topological polar surface area (TPSA) is 29.5 Å². The summed E-state index contributed by atoms with van der Waals surface area (Å²) in [6, 6.07) is 0. The molecule has 0 aliphatic rings. The third-order valence-corrected chi connectivity index (χ3v) is 27.4. The van der Waals surface area contributed by atoms with E-state index < -0.39 is 26.7 Å². The van der Waals surface area contributed by atoms with E-state index in [0.29, 0.717) is 6.61 Å². The summed E-state index contributed by atoms with van der Waals surface area (Å²) in [5.74, 6) is 0. The van der Waals surface area contributed by atoms with E-state index in [2.05, 4.69) is 67.6 Å². The van der Waals surface area contributed by atoms with Gasteiger partial charge in [-0.25, -0.2) is 0 Å². The van der Waals surface area contributed by atoms with Crippen LogP contribution in [0.2, 0.25) is 35.9 Å². The summed E-state index contributed by atoms with van der Waals surface area (Å²) in [5, 5.41) is 10.7. The first-order valence-corrected chi connectivity index (χ1v) is 23.4. The molecule has 0 aromatic rings. The van der Waals surface area contributed by atoms with E-state index in [1.54, 1.807) is 18.9 Å². The van der Waals surface area contributed by atoms with Gasteiger partial charge in [0.15, 0.2) is 0 Å². The van der Waals surface area contributed by atoms with Crippen LogP contribution >= 0.6 is 0 Å². The molecule has 0 amide bonds. The van der Waals surface area contributed by atoms with Crippen LogP contribution in [-0.2, 0) is 4.43 Å². The molecule has 4 heteroatoms. The molecule has 0 radical (unpaired) electrons. The molecule has 1 N–H and O–H groups in total. The fraction of sp³-hybridized carbons (Fsp3) is 0.920. The van der Waals surface area contributed by atoms with E-state index in [9.17, 15) is 5.11 Å². The summed E-state index contributed by atoms with van der Waals surface area (Å²) in [6.45, 7) is 21.1. The molecule has 0 heterocycles. The quantitative estimate of drug-likeness (QED) is 0.159. The molecule has 0 saturated heterocycles. The number of hydrogen-bond acceptors (Lipinski definition) is 2. The zero-order valence-electron chi connectivity index (χ0n) is 21.5. The first-order chi connectivity index (χ1) is 13.4. The zero-order chi connectivity index (χ0) is 22.6. The maximum atomic E-state index is 10.5. The molecule has 0 saturated carbocycles. The number of rotatable bonds is 16. The van der Waals surface area contributed by atoms with Crippen molar-refractivity contribution in [3.05, 3.63) is 11.6 Å². The van der Waals surface area contributed by atoms with Crippen molar-refractivity contribution in [3.8, 4) is 0 Å². The van der Waals surface area contributed by atoms with E-state index in [4.69, 9.17) is 4.43 Å². The Balaban J connectivity index is 4.94. The van der Waals surface area contributed by atoms with Gasteiger partial charge in [-0.1, -0.05) is 0 Å². The SMILES string of the molecule is CCC[CH2][Sn]([CH2]CCC)([CH2]CCC)[CH2]/C(C)=C/C[C@H](O)CO[Si](C)(C)C(C)(C)C. The third kappa shape index (κ3) is 12.3. The molecule has 0 aromatic heterocycles. The van der Waals surface area contributed by atoms with Crippen molar-refractivity contribution in [2.24, 2.45) is 0 Å². The van der Waals surface area contributed by atoms with Crippen LogP contribution in [0.1, 0.15) is 93.4 Å². The first kappa shape index (κ1) is 29.7. The van der Waals surface area contributed by atoms with Crippen molar-refractivity contribution in [2.45, 2.75) is 135 Å². The zero-order valence-corrected chi connectivity index (χ0v) is 25.3. The summed E-state index contributed by atoms with van der Waals surface area (Å²) in [6.07, 6.45) is 11.0. The van der Waals surface area contributed by atoms with E-state index in [1.807, 2.05) is 0 Å². The molecule has 0 rings (SSSR count). The molecule has 0 aliphatic carbocycles. The number of hydrogen-bond donors (Lipinski definition) is 1. The molecule has 0 aliphatic heterocycles. The Morgan fingerprint density at radius 3 is 1.79 bits per heavy atom. The van der Waals surface area contributed by atoms with Crippen molar-refractivity contribution in [3.63, 3.8) is 0 Å². The third-order valence-electron chi connectivity index (χ3n) is 7.02. The van der Waals surface area contributed by atoms with Gasteiger partial charge in [-0.3, -0.25) is 0 Å². The van der Waals surface area contributed by atoms with Gasteiger partial charge in [0.05, 0.1) is 0 Å². The van der Waals surface area contributed by atoms with Crippen LogP contribution in [0.4, 0.5) is 0 Å². The van der Waals surface area contributed by atoms with Crippen molar-refractivity contribution in [1.29, 1.82) is 0 Å². The van der Waals surface area contributed by atoms with E-state index in [0.717, 1.165) is 6.42 Å². The van der Waals surface area contributed by atoms with Gasteiger partial charge in [-0.2, -0.15) is 0 Å². The molecule has 29 heavy (non-hydrogen) atoms. The number of aliphatic hydroxyl groups is 1. The Kier molecular flexibility index (Phi) is 15.0. The Bertz CT molecular complexity index is 432. The molecular formula is C25H54O2SiSn. The minimum absolute atomic E-state index is 0.199. The van der Waals surface area contributed by atoms with E-state index in [-0.39, 0.29) is 11.1 Å². The monoisotopic (exact) mass is 534 g/mol. The first-order valence-electron chi connectivity index (χ1n) is 12.4. The van der Waals surface area contributed by atoms with Crippen LogP contribution in [-0.4, -0.2) is 44.5 Å². The standard InChI is InChI=1S/C13H27O2Si.3C4H9.Sn/c1-11(2)8-9-12(14)10-15-16(6,7)13(3,4)5;3*1-3-4-2;/h8,12,14H,1,9-10H2,2-7H3;3*1,3-4H2,2H3;/b11-8-;;;;/t12-;;;;/m0..../s1. The van der Waals surface area contributed by atoms with Crippen LogP contribution in [0.15, 0.2) is 11.6 Å². The Hall–Kier alpha value is 0.676. The molecule has 0 aromatic carbocycles. The van der Waals surface area contributed by atoms with Crippen LogP contribution in [0.5, 0.6) is 0 Å². The number of aliphatic hydroxyl groups excluding tert-OH is 1. The predicted octanol–water partition coefficient (Wildman–Crippen LogP) is 8.55. The van der Waals surface area contributed by atoms with E-state index in [1.165, 1.54) is 43.0 Å². The van der Waals surface area contributed by atoms with Gasteiger partial charge in [0, 0.05) is 0 Å². The summed E-state index contributed by atoms with van der Waals surface area (Å²) in [5.41, 5.74) is 1.55.